The van der Waals surface area contributed by atoms with Gasteiger partial charge in [-0.15, -0.1) is 23.2 Å². The molecule has 2 aromatic carbocycles. The smallest absolute Gasteiger partial charge is 0.100 e. The molecule has 0 aliphatic rings. The Kier molecular flexibility index (Phi) is 3.91. The molecule has 82 valence electrons. The molecule has 0 amide bonds. The first-order valence-corrected chi connectivity index (χ1v) is 6.48. The average Bonchev–Trinajstić information content (AvgIpc) is 2.29. The Morgan fingerprint density at radius 1 is 0.938 bits per heavy atom. The molecule has 0 saturated heterocycles. The number of alkyl halides is 2. The molecule has 3 heteroatoms. The van der Waals surface area contributed by atoms with Gasteiger partial charge < -0.3 is 0 Å². The molecule has 0 radical (unpaired) electrons. The van der Waals surface area contributed by atoms with Gasteiger partial charge in [-0.05, 0) is 28.8 Å². The minimum atomic E-state index is -0.504. The minimum Gasteiger partial charge on any atom is -0.100 e. The molecular weight excluding hydrogens is 307 g/mol. The van der Waals surface area contributed by atoms with Crippen LogP contribution in [0.1, 0.15) is 10.4 Å². The van der Waals surface area contributed by atoms with E-state index in [1.165, 1.54) is 0 Å². The maximum atomic E-state index is 5.95. The summed E-state index contributed by atoms with van der Waals surface area (Å²) in [6.45, 7) is 0. The molecule has 0 bridgehead atoms. The molecule has 0 N–H and O–H groups in total. The highest BCUT2D eigenvalue weighted by molar-refractivity contribution is 9.10. The highest BCUT2D eigenvalue weighted by Crippen LogP contribution is 2.34. The normalized spacial score (nSPS) is 10.8. The highest BCUT2D eigenvalue weighted by atomic mass is 79.9. The highest BCUT2D eigenvalue weighted by Gasteiger charge is 2.10. The number of hydrogen-bond acceptors (Lipinski definition) is 0. The van der Waals surface area contributed by atoms with Crippen LogP contribution in [0.5, 0.6) is 0 Å². The summed E-state index contributed by atoms with van der Waals surface area (Å²) in [4.78, 5) is -0.504. The second-order valence-electron chi connectivity index (χ2n) is 3.40. The summed E-state index contributed by atoms with van der Waals surface area (Å²) in [6, 6.07) is 16.0. The Morgan fingerprint density at radius 2 is 1.69 bits per heavy atom. The zero-order valence-electron chi connectivity index (χ0n) is 8.33. The fraction of sp³-hybridized carbons (Fsp3) is 0.0769. The van der Waals surface area contributed by atoms with Gasteiger partial charge in [-0.2, -0.15) is 0 Å². The summed E-state index contributed by atoms with van der Waals surface area (Å²) < 4.78 is 1.04. The maximum Gasteiger partial charge on any atom is 0.133 e. The predicted octanol–water partition coefficient (Wildman–Crippen LogP) is 5.59. The van der Waals surface area contributed by atoms with Gasteiger partial charge in [-0.25, -0.2) is 0 Å². The Balaban J connectivity index is 2.55. The number of benzene rings is 2. The molecule has 0 aromatic heterocycles. The first kappa shape index (κ1) is 12.0. The first-order chi connectivity index (χ1) is 7.68. The molecule has 2 rings (SSSR count). The lowest BCUT2D eigenvalue weighted by atomic mass is 10.0. The van der Waals surface area contributed by atoms with E-state index >= 15 is 0 Å². The van der Waals surface area contributed by atoms with Crippen molar-refractivity contribution in [3.8, 4) is 11.1 Å². The van der Waals surface area contributed by atoms with Crippen LogP contribution < -0.4 is 0 Å². The van der Waals surface area contributed by atoms with E-state index in [1.54, 1.807) is 0 Å². The van der Waals surface area contributed by atoms with Crippen molar-refractivity contribution in [2.45, 2.75) is 4.84 Å². The maximum absolute atomic E-state index is 5.95. The largest absolute Gasteiger partial charge is 0.133 e. The lowest BCUT2D eigenvalue weighted by Gasteiger charge is -2.10. The molecule has 0 aliphatic carbocycles. The third kappa shape index (κ3) is 2.60. The molecular formula is C13H9BrCl2. The second-order valence-corrected chi connectivity index (χ2v) is 5.41. The van der Waals surface area contributed by atoms with E-state index in [9.17, 15) is 0 Å². The number of hydrogen-bond donors (Lipinski definition) is 0. The van der Waals surface area contributed by atoms with Gasteiger partial charge in [0.1, 0.15) is 4.84 Å². The van der Waals surface area contributed by atoms with Crippen molar-refractivity contribution in [2.75, 3.05) is 0 Å². The Labute approximate surface area is 113 Å². The van der Waals surface area contributed by atoms with Crippen LogP contribution in [0.2, 0.25) is 0 Å². The van der Waals surface area contributed by atoms with Crippen LogP contribution >= 0.6 is 39.1 Å². The Bertz CT molecular complexity index is 495. The van der Waals surface area contributed by atoms with Crippen LogP contribution in [0.15, 0.2) is 53.0 Å². The van der Waals surface area contributed by atoms with Gasteiger partial charge in [-0.1, -0.05) is 52.3 Å². The summed E-state index contributed by atoms with van der Waals surface area (Å²) in [7, 11) is 0. The number of rotatable bonds is 2. The van der Waals surface area contributed by atoms with Crippen molar-refractivity contribution in [3.63, 3.8) is 0 Å². The van der Waals surface area contributed by atoms with Crippen molar-refractivity contribution in [1.82, 2.24) is 0 Å². The van der Waals surface area contributed by atoms with Crippen molar-refractivity contribution in [1.29, 1.82) is 0 Å². The lowest BCUT2D eigenvalue weighted by molar-refractivity contribution is 1.35. The molecule has 0 aliphatic heterocycles. The zero-order chi connectivity index (χ0) is 11.5. The summed E-state index contributed by atoms with van der Waals surface area (Å²) in [5.41, 5.74) is 3.11. The van der Waals surface area contributed by atoms with E-state index in [0.29, 0.717) is 0 Å². The molecule has 0 atom stereocenters. The summed E-state index contributed by atoms with van der Waals surface area (Å²) in [5.74, 6) is 0. The average molecular weight is 316 g/mol. The standard InChI is InChI=1S/C13H9BrCl2/c14-10-5-3-4-9(8-10)11-6-1-2-7-12(11)13(15)16/h1-8,13H. The van der Waals surface area contributed by atoms with Crippen molar-refractivity contribution >= 4 is 39.1 Å². The van der Waals surface area contributed by atoms with Crippen LogP contribution in [0.4, 0.5) is 0 Å². The lowest BCUT2D eigenvalue weighted by Crippen LogP contribution is -1.88. The summed E-state index contributed by atoms with van der Waals surface area (Å²) >= 11 is 15.4. The summed E-state index contributed by atoms with van der Waals surface area (Å²) in [5, 5.41) is 0. The minimum absolute atomic E-state index is 0.504. The van der Waals surface area contributed by atoms with Crippen molar-refractivity contribution in [3.05, 3.63) is 58.6 Å². The molecule has 2 aromatic rings. The van der Waals surface area contributed by atoms with E-state index in [0.717, 1.165) is 21.2 Å². The van der Waals surface area contributed by atoms with Gasteiger partial charge in [0, 0.05) is 4.47 Å². The fourth-order valence-corrected chi connectivity index (χ4v) is 2.39. The monoisotopic (exact) mass is 314 g/mol. The SMILES string of the molecule is ClC(Cl)c1ccccc1-c1cccc(Br)c1. The van der Waals surface area contributed by atoms with Gasteiger partial charge in [0.2, 0.25) is 0 Å². The number of halogens is 3. The van der Waals surface area contributed by atoms with Gasteiger partial charge >= 0.3 is 0 Å². The van der Waals surface area contributed by atoms with Crippen LogP contribution in [0.25, 0.3) is 11.1 Å². The fourth-order valence-electron chi connectivity index (χ4n) is 1.61. The predicted molar refractivity (Wildman–Crippen MR) is 74.0 cm³/mol. The zero-order valence-corrected chi connectivity index (χ0v) is 11.4. The molecule has 0 saturated carbocycles. The third-order valence-corrected chi connectivity index (χ3v) is 3.29. The van der Waals surface area contributed by atoms with E-state index in [1.807, 2.05) is 42.5 Å². The second kappa shape index (κ2) is 5.22. The molecule has 0 fully saturated rings. The summed E-state index contributed by atoms with van der Waals surface area (Å²) in [6.07, 6.45) is 0. The van der Waals surface area contributed by atoms with Gasteiger partial charge in [-0.3, -0.25) is 0 Å². The molecule has 0 unspecified atom stereocenters. The van der Waals surface area contributed by atoms with Gasteiger partial charge in [0.15, 0.2) is 0 Å². The molecule has 0 nitrogen and oxygen atoms in total. The molecule has 16 heavy (non-hydrogen) atoms. The van der Waals surface area contributed by atoms with Crippen LogP contribution in [0, 0.1) is 0 Å². The van der Waals surface area contributed by atoms with Crippen LogP contribution in [-0.2, 0) is 0 Å². The van der Waals surface area contributed by atoms with E-state index in [-0.39, 0.29) is 0 Å². The first-order valence-electron chi connectivity index (χ1n) is 4.81. The Hall–Kier alpha value is -0.500. The van der Waals surface area contributed by atoms with Gasteiger partial charge in [0.05, 0.1) is 0 Å². The van der Waals surface area contributed by atoms with Crippen LogP contribution in [-0.4, -0.2) is 0 Å². The van der Waals surface area contributed by atoms with Crippen molar-refractivity contribution < 1.29 is 0 Å². The van der Waals surface area contributed by atoms with E-state index < -0.39 is 4.84 Å². The topological polar surface area (TPSA) is 0 Å². The molecule has 0 spiro atoms. The Morgan fingerprint density at radius 3 is 2.38 bits per heavy atom. The van der Waals surface area contributed by atoms with Gasteiger partial charge in [0.25, 0.3) is 0 Å². The third-order valence-electron chi connectivity index (χ3n) is 2.33. The van der Waals surface area contributed by atoms with Crippen molar-refractivity contribution in [2.24, 2.45) is 0 Å². The van der Waals surface area contributed by atoms with E-state index in [4.69, 9.17) is 23.2 Å². The van der Waals surface area contributed by atoms with Crippen LogP contribution in [0.3, 0.4) is 0 Å². The quantitative estimate of drug-likeness (QED) is 0.633. The molecule has 0 heterocycles. The van der Waals surface area contributed by atoms with E-state index in [2.05, 4.69) is 22.0 Å².